The highest BCUT2D eigenvalue weighted by Gasteiger charge is 2.30. The quantitative estimate of drug-likeness (QED) is 0.760. The molecule has 0 fully saturated rings. The zero-order chi connectivity index (χ0) is 17.4. The first-order valence-corrected chi connectivity index (χ1v) is 8.41. The Bertz CT molecular complexity index is 962. The molecule has 0 bridgehead atoms. The second-order valence-corrected chi connectivity index (χ2v) is 6.51. The number of para-hydroxylation sites is 1. The first kappa shape index (κ1) is 15.7. The number of halogens is 1. The van der Waals surface area contributed by atoms with Crippen molar-refractivity contribution in [1.29, 1.82) is 0 Å². The molecule has 6 heteroatoms. The number of aromatic nitrogens is 1. The molecule has 2 N–H and O–H groups in total. The maximum absolute atomic E-state index is 12.5. The molecule has 25 heavy (non-hydrogen) atoms. The zero-order valence-corrected chi connectivity index (χ0v) is 14.1. The molecule has 1 aliphatic rings. The van der Waals surface area contributed by atoms with Gasteiger partial charge in [-0.25, -0.2) is 0 Å². The fourth-order valence-corrected chi connectivity index (χ4v) is 3.24. The number of carbonyl (C=O) groups excluding carboxylic acids is 2. The van der Waals surface area contributed by atoms with E-state index in [-0.39, 0.29) is 11.8 Å². The lowest BCUT2D eigenvalue weighted by molar-refractivity contribution is -0.123. The van der Waals surface area contributed by atoms with E-state index in [9.17, 15) is 9.59 Å². The molecular weight excluding hydrogens is 338 g/mol. The molecule has 0 saturated carbocycles. The molecule has 2 heterocycles. The second kappa shape index (κ2) is 6.26. The van der Waals surface area contributed by atoms with Crippen LogP contribution in [0.4, 0.5) is 0 Å². The minimum atomic E-state index is -0.594. The van der Waals surface area contributed by atoms with Gasteiger partial charge in [0.2, 0.25) is 5.91 Å². The van der Waals surface area contributed by atoms with Gasteiger partial charge in [-0.1, -0.05) is 41.9 Å². The Kier molecular flexibility index (Phi) is 3.93. The summed E-state index contributed by atoms with van der Waals surface area (Å²) in [5.74, 6) is -0.430. The highest BCUT2D eigenvalue weighted by Crippen LogP contribution is 2.22. The number of fused-ring (bicyclic) bond motifs is 3. The maximum Gasteiger partial charge on any atom is 0.268 e. The van der Waals surface area contributed by atoms with E-state index in [0.717, 1.165) is 16.5 Å². The third-order valence-corrected chi connectivity index (χ3v) is 4.66. The van der Waals surface area contributed by atoms with Crippen molar-refractivity contribution in [3.63, 3.8) is 0 Å². The summed E-state index contributed by atoms with van der Waals surface area (Å²) >= 11 is 5.86. The van der Waals surface area contributed by atoms with Gasteiger partial charge in [-0.15, -0.1) is 0 Å². The van der Waals surface area contributed by atoms with Gasteiger partial charge in [0.15, 0.2) is 0 Å². The molecule has 1 aliphatic heterocycles. The molecule has 0 unspecified atom stereocenters. The van der Waals surface area contributed by atoms with Crippen LogP contribution in [0, 0.1) is 0 Å². The van der Waals surface area contributed by atoms with E-state index < -0.39 is 6.04 Å². The van der Waals surface area contributed by atoms with E-state index in [1.807, 2.05) is 47.0 Å². The molecule has 0 spiro atoms. The van der Waals surface area contributed by atoms with Gasteiger partial charge < -0.3 is 15.2 Å². The lowest BCUT2D eigenvalue weighted by Gasteiger charge is -2.25. The van der Waals surface area contributed by atoms with Crippen LogP contribution in [0.3, 0.4) is 0 Å². The van der Waals surface area contributed by atoms with Crippen LogP contribution in [-0.4, -0.2) is 22.4 Å². The first-order chi connectivity index (χ1) is 12.1. The molecule has 4 rings (SSSR count). The van der Waals surface area contributed by atoms with Crippen LogP contribution in [0.15, 0.2) is 54.6 Å². The van der Waals surface area contributed by atoms with Crippen molar-refractivity contribution < 1.29 is 9.59 Å². The molecule has 5 nitrogen and oxygen atoms in total. The third-order valence-electron chi connectivity index (χ3n) is 4.41. The number of rotatable bonds is 3. The zero-order valence-electron chi connectivity index (χ0n) is 13.3. The highest BCUT2D eigenvalue weighted by atomic mass is 35.5. The first-order valence-electron chi connectivity index (χ1n) is 8.03. The molecule has 3 aromatic rings. The summed E-state index contributed by atoms with van der Waals surface area (Å²) in [7, 11) is 0. The Hall–Kier alpha value is -2.79. The van der Waals surface area contributed by atoms with Crippen molar-refractivity contribution in [3.05, 3.63) is 70.9 Å². The number of nitrogens with one attached hydrogen (secondary N) is 2. The number of hydrogen-bond acceptors (Lipinski definition) is 2. The lowest BCUT2D eigenvalue weighted by Crippen LogP contribution is -2.52. The van der Waals surface area contributed by atoms with Crippen molar-refractivity contribution >= 4 is 34.3 Å². The normalized spacial score (nSPS) is 16.4. The van der Waals surface area contributed by atoms with Gasteiger partial charge in [0.05, 0.1) is 6.54 Å². The van der Waals surface area contributed by atoms with Gasteiger partial charge in [-0.05, 0) is 29.8 Å². The van der Waals surface area contributed by atoms with Gasteiger partial charge in [-0.3, -0.25) is 9.59 Å². The summed E-state index contributed by atoms with van der Waals surface area (Å²) in [6.07, 6.45) is 0. The predicted molar refractivity (Wildman–Crippen MR) is 96.5 cm³/mol. The summed E-state index contributed by atoms with van der Waals surface area (Å²) in [4.78, 5) is 24.8. The topological polar surface area (TPSA) is 63.1 Å². The molecule has 1 atom stereocenters. The second-order valence-electron chi connectivity index (χ2n) is 6.07. The smallest absolute Gasteiger partial charge is 0.268 e. The number of nitrogens with zero attached hydrogens (tertiary/aromatic N) is 1. The minimum absolute atomic E-state index is 0.202. The van der Waals surface area contributed by atoms with Crippen LogP contribution >= 0.6 is 11.6 Å². The van der Waals surface area contributed by atoms with E-state index >= 15 is 0 Å². The monoisotopic (exact) mass is 353 g/mol. The number of hydrogen-bond donors (Lipinski definition) is 2. The van der Waals surface area contributed by atoms with Gasteiger partial charge >= 0.3 is 0 Å². The van der Waals surface area contributed by atoms with Crippen LogP contribution in [0.5, 0.6) is 0 Å². The third kappa shape index (κ3) is 2.98. The van der Waals surface area contributed by atoms with E-state index in [4.69, 9.17) is 11.6 Å². The summed E-state index contributed by atoms with van der Waals surface area (Å²) in [5, 5.41) is 7.30. The fraction of sp³-hybridized carbons (Fsp3) is 0.158. The standard InChI is InChI=1S/C19H16ClN3O2/c20-14-7-5-12(6-8-14)10-21-18(24)15-11-23-16-4-2-1-3-13(16)9-17(23)19(25)22-15/h1-9,15H,10-11H2,(H,21,24)(H,22,25)/t15-/m0/s1. The number of benzene rings is 2. The maximum atomic E-state index is 12.5. The predicted octanol–water partition coefficient (Wildman–Crippen LogP) is 2.72. The molecule has 126 valence electrons. The summed E-state index contributed by atoms with van der Waals surface area (Å²) in [5.41, 5.74) is 2.50. The van der Waals surface area contributed by atoms with Crippen LogP contribution in [0.25, 0.3) is 10.9 Å². The van der Waals surface area contributed by atoms with Crippen molar-refractivity contribution in [3.8, 4) is 0 Å². The Labute approximate surface area is 149 Å². The average Bonchev–Trinajstić information content (AvgIpc) is 3.00. The molecule has 2 amide bonds. The lowest BCUT2D eigenvalue weighted by atomic mass is 10.1. The molecule has 1 aromatic heterocycles. The van der Waals surface area contributed by atoms with Crippen molar-refractivity contribution in [2.24, 2.45) is 0 Å². The van der Waals surface area contributed by atoms with E-state index in [1.165, 1.54) is 0 Å². The van der Waals surface area contributed by atoms with Crippen LogP contribution in [0.1, 0.15) is 16.1 Å². The highest BCUT2D eigenvalue weighted by molar-refractivity contribution is 6.30. The summed E-state index contributed by atoms with van der Waals surface area (Å²) in [6, 6.07) is 16.3. The Balaban J connectivity index is 1.51. The van der Waals surface area contributed by atoms with Crippen LogP contribution in [0.2, 0.25) is 5.02 Å². The van der Waals surface area contributed by atoms with Crippen molar-refractivity contribution in [2.45, 2.75) is 19.1 Å². The van der Waals surface area contributed by atoms with Gasteiger partial charge in [-0.2, -0.15) is 0 Å². The minimum Gasteiger partial charge on any atom is -0.350 e. The van der Waals surface area contributed by atoms with E-state index in [0.29, 0.717) is 23.8 Å². The largest absolute Gasteiger partial charge is 0.350 e. The van der Waals surface area contributed by atoms with Gasteiger partial charge in [0.1, 0.15) is 11.7 Å². The molecule has 2 aromatic carbocycles. The number of carbonyl (C=O) groups is 2. The SMILES string of the molecule is O=C1N[C@H](C(=O)NCc2ccc(Cl)cc2)Cn2c1cc1ccccc12. The van der Waals surface area contributed by atoms with Crippen molar-refractivity contribution in [1.82, 2.24) is 15.2 Å². The van der Waals surface area contributed by atoms with Gasteiger partial charge in [0, 0.05) is 22.5 Å². The average molecular weight is 354 g/mol. The van der Waals surface area contributed by atoms with E-state index in [1.54, 1.807) is 12.1 Å². The van der Waals surface area contributed by atoms with Gasteiger partial charge in [0.25, 0.3) is 5.91 Å². The van der Waals surface area contributed by atoms with Crippen LogP contribution in [-0.2, 0) is 17.9 Å². The molecule has 0 radical (unpaired) electrons. The van der Waals surface area contributed by atoms with Crippen molar-refractivity contribution in [2.75, 3.05) is 0 Å². The molecular formula is C19H16ClN3O2. The fourth-order valence-electron chi connectivity index (χ4n) is 3.12. The molecule has 0 saturated heterocycles. The molecule has 0 aliphatic carbocycles. The Morgan fingerprint density at radius 2 is 1.96 bits per heavy atom. The Morgan fingerprint density at radius 3 is 2.76 bits per heavy atom. The number of amides is 2. The summed E-state index contributed by atoms with van der Waals surface area (Å²) < 4.78 is 1.90. The van der Waals surface area contributed by atoms with Crippen LogP contribution < -0.4 is 10.6 Å². The summed E-state index contributed by atoms with van der Waals surface area (Å²) in [6.45, 7) is 0.808. The Morgan fingerprint density at radius 1 is 1.20 bits per heavy atom. The van der Waals surface area contributed by atoms with E-state index in [2.05, 4.69) is 10.6 Å².